The van der Waals surface area contributed by atoms with Crippen LogP contribution in [0, 0.1) is 0 Å². The highest BCUT2D eigenvalue weighted by Crippen LogP contribution is 2.44. The van der Waals surface area contributed by atoms with Crippen LogP contribution in [0.1, 0.15) is 43.2 Å². The molecule has 0 bridgehead atoms. The molecule has 1 saturated heterocycles. The molecule has 174 valence electrons. The summed E-state index contributed by atoms with van der Waals surface area (Å²) in [5, 5.41) is 22.0. The number of benzene rings is 2. The Bertz CT molecular complexity index is 1020. The number of nitrogens with zero attached hydrogens (tertiary/aromatic N) is 1. The molecule has 0 saturated carbocycles. The topological polar surface area (TPSA) is 116 Å². The molecule has 1 aliphatic heterocycles. The molecule has 8 nitrogen and oxygen atoms in total. The molecule has 1 fully saturated rings. The average Bonchev–Trinajstić information content (AvgIpc) is 3.36. The lowest BCUT2D eigenvalue weighted by atomic mass is 9.98. The maximum absolute atomic E-state index is 12.9. The molecule has 0 spiro atoms. The number of fused-ring (bicyclic) bond motifs is 3. The molecule has 2 atom stereocenters. The fourth-order valence-corrected chi connectivity index (χ4v) is 4.71. The predicted molar refractivity (Wildman–Crippen MR) is 121 cm³/mol. The second kappa shape index (κ2) is 9.23. The highest BCUT2D eigenvalue weighted by atomic mass is 16.5. The van der Waals surface area contributed by atoms with Gasteiger partial charge in [-0.15, -0.1) is 0 Å². The number of carbonyl (C=O) groups is 3. The Morgan fingerprint density at radius 1 is 1.12 bits per heavy atom. The quantitative estimate of drug-likeness (QED) is 0.595. The predicted octanol–water partition coefficient (Wildman–Crippen LogP) is 2.74. The van der Waals surface area contributed by atoms with E-state index in [9.17, 15) is 24.6 Å². The molecule has 2 aromatic carbocycles. The third-order valence-electron chi connectivity index (χ3n) is 6.47. The zero-order chi connectivity index (χ0) is 23.6. The van der Waals surface area contributed by atoms with Crippen LogP contribution >= 0.6 is 0 Å². The SMILES string of the molecule is CCC[C@@H](NC(=O)OCC1c2ccccc2-c2ccccc21)C(=O)N1CCC(O)(C(=O)O)C1. The summed E-state index contributed by atoms with van der Waals surface area (Å²) in [7, 11) is 0. The number of hydrogen-bond donors (Lipinski definition) is 3. The molecule has 1 aliphatic carbocycles. The third kappa shape index (κ3) is 4.43. The van der Waals surface area contributed by atoms with Crippen molar-refractivity contribution < 1.29 is 29.3 Å². The average molecular weight is 453 g/mol. The van der Waals surface area contributed by atoms with E-state index in [2.05, 4.69) is 17.4 Å². The van der Waals surface area contributed by atoms with E-state index in [0.717, 1.165) is 22.3 Å². The Balaban J connectivity index is 1.40. The monoisotopic (exact) mass is 452 g/mol. The summed E-state index contributed by atoms with van der Waals surface area (Å²) in [4.78, 5) is 38.1. The summed E-state index contributed by atoms with van der Waals surface area (Å²) in [6, 6.07) is 15.2. The zero-order valence-electron chi connectivity index (χ0n) is 18.5. The van der Waals surface area contributed by atoms with Crippen molar-refractivity contribution in [1.82, 2.24) is 10.2 Å². The molecule has 8 heteroatoms. The molecule has 2 amide bonds. The van der Waals surface area contributed by atoms with Gasteiger partial charge < -0.3 is 25.2 Å². The number of carboxylic acids is 1. The van der Waals surface area contributed by atoms with Crippen molar-refractivity contribution in [2.45, 2.75) is 43.7 Å². The summed E-state index contributed by atoms with van der Waals surface area (Å²) in [5.74, 6) is -1.86. The second-order valence-electron chi connectivity index (χ2n) is 8.66. The first-order valence-corrected chi connectivity index (χ1v) is 11.2. The van der Waals surface area contributed by atoms with Crippen LogP contribution in [0.3, 0.4) is 0 Å². The minimum absolute atomic E-state index is 0.0438. The number of β-amino-alcohol motifs (C(OH)–C–C–N with tert-alkyl or cyclic N) is 1. The molecule has 3 N–H and O–H groups in total. The molecule has 33 heavy (non-hydrogen) atoms. The van der Waals surface area contributed by atoms with Gasteiger partial charge in [0.1, 0.15) is 12.6 Å². The number of likely N-dealkylation sites (tertiary alicyclic amines) is 1. The number of carbonyl (C=O) groups excluding carboxylic acids is 2. The van der Waals surface area contributed by atoms with Crippen molar-refractivity contribution in [1.29, 1.82) is 0 Å². The molecule has 1 heterocycles. The Labute approximate surface area is 192 Å². The van der Waals surface area contributed by atoms with Gasteiger partial charge >= 0.3 is 12.1 Å². The van der Waals surface area contributed by atoms with Gasteiger partial charge in [0.15, 0.2) is 5.60 Å². The van der Waals surface area contributed by atoms with Gasteiger partial charge in [0, 0.05) is 18.9 Å². The Hall–Kier alpha value is -3.39. The van der Waals surface area contributed by atoms with Crippen molar-refractivity contribution in [3.05, 3.63) is 59.7 Å². The molecule has 4 rings (SSSR count). The van der Waals surface area contributed by atoms with Crippen LogP contribution in [0.4, 0.5) is 4.79 Å². The van der Waals surface area contributed by atoms with Crippen LogP contribution < -0.4 is 5.32 Å². The van der Waals surface area contributed by atoms with Gasteiger partial charge in [-0.05, 0) is 28.7 Å². The highest BCUT2D eigenvalue weighted by molar-refractivity contribution is 5.88. The summed E-state index contributed by atoms with van der Waals surface area (Å²) in [5.41, 5.74) is 2.49. The number of hydrogen-bond acceptors (Lipinski definition) is 5. The molecular formula is C25H28N2O6. The number of ether oxygens (including phenoxy) is 1. The fourth-order valence-electron chi connectivity index (χ4n) is 4.71. The van der Waals surface area contributed by atoms with Crippen LogP contribution in [0.2, 0.25) is 0 Å². The lowest BCUT2D eigenvalue weighted by Crippen LogP contribution is -2.50. The largest absolute Gasteiger partial charge is 0.479 e. The molecule has 2 aromatic rings. The van der Waals surface area contributed by atoms with E-state index >= 15 is 0 Å². The van der Waals surface area contributed by atoms with Gasteiger partial charge in [-0.2, -0.15) is 0 Å². The summed E-state index contributed by atoms with van der Waals surface area (Å²) in [6.07, 6.45) is 0.274. The minimum Gasteiger partial charge on any atom is -0.479 e. The smallest absolute Gasteiger partial charge is 0.407 e. The van der Waals surface area contributed by atoms with Crippen molar-refractivity contribution >= 4 is 18.0 Å². The van der Waals surface area contributed by atoms with E-state index in [1.54, 1.807) is 0 Å². The third-order valence-corrected chi connectivity index (χ3v) is 6.47. The van der Waals surface area contributed by atoms with Crippen LogP contribution in [-0.2, 0) is 14.3 Å². The van der Waals surface area contributed by atoms with Crippen LogP contribution in [0.15, 0.2) is 48.5 Å². The second-order valence-corrected chi connectivity index (χ2v) is 8.66. The minimum atomic E-state index is -1.95. The maximum Gasteiger partial charge on any atom is 0.407 e. The van der Waals surface area contributed by atoms with E-state index in [4.69, 9.17) is 4.74 Å². The van der Waals surface area contributed by atoms with Crippen molar-refractivity contribution in [2.75, 3.05) is 19.7 Å². The van der Waals surface area contributed by atoms with Gasteiger partial charge in [0.2, 0.25) is 5.91 Å². The van der Waals surface area contributed by atoms with Gasteiger partial charge in [0.05, 0.1) is 6.54 Å². The first-order chi connectivity index (χ1) is 15.8. The first kappa shape index (κ1) is 22.8. The maximum atomic E-state index is 12.9. The highest BCUT2D eigenvalue weighted by Gasteiger charge is 2.45. The van der Waals surface area contributed by atoms with Gasteiger partial charge in [-0.1, -0.05) is 61.9 Å². The molecule has 1 unspecified atom stereocenters. The van der Waals surface area contributed by atoms with Crippen molar-refractivity contribution in [3.63, 3.8) is 0 Å². The van der Waals surface area contributed by atoms with E-state index in [1.165, 1.54) is 4.90 Å². The number of aliphatic hydroxyl groups is 1. The van der Waals surface area contributed by atoms with Crippen molar-refractivity contribution in [2.24, 2.45) is 0 Å². The van der Waals surface area contributed by atoms with Gasteiger partial charge in [0.25, 0.3) is 0 Å². The van der Waals surface area contributed by atoms with E-state index in [0.29, 0.717) is 12.8 Å². The normalized spacial score (nSPS) is 20.1. The number of nitrogens with one attached hydrogen (secondary N) is 1. The molecule has 0 aromatic heterocycles. The van der Waals surface area contributed by atoms with E-state index < -0.39 is 29.6 Å². The number of alkyl carbamates (subject to hydrolysis) is 1. The molecule has 2 aliphatic rings. The van der Waals surface area contributed by atoms with E-state index in [1.807, 2.05) is 43.3 Å². The van der Waals surface area contributed by atoms with Crippen LogP contribution in [0.25, 0.3) is 11.1 Å². The number of rotatable bonds is 7. The molecular weight excluding hydrogens is 424 g/mol. The van der Waals surface area contributed by atoms with Crippen LogP contribution in [-0.4, -0.2) is 64.4 Å². The zero-order valence-corrected chi connectivity index (χ0v) is 18.5. The summed E-state index contributed by atoms with van der Waals surface area (Å²) in [6.45, 7) is 1.84. The van der Waals surface area contributed by atoms with Crippen LogP contribution in [0.5, 0.6) is 0 Å². The lowest BCUT2D eigenvalue weighted by Gasteiger charge is -2.25. The lowest BCUT2D eigenvalue weighted by molar-refractivity contribution is -0.157. The number of aliphatic carboxylic acids is 1. The van der Waals surface area contributed by atoms with E-state index in [-0.39, 0.29) is 32.0 Å². The Kier molecular flexibility index (Phi) is 6.37. The standard InChI is InChI=1S/C25H28N2O6/c1-2-7-21(22(28)27-13-12-25(32,15-27)23(29)30)26-24(31)33-14-20-18-10-5-3-8-16(18)17-9-4-6-11-19(17)20/h3-6,8-11,20-21,32H,2,7,12-15H2,1H3,(H,26,31)(H,29,30)/t21-,25?/m1/s1. The number of amides is 2. The Morgan fingerprint density at radius 2 is 1.73 bits per heavy atom. The van der Waals surface area contributed by atoms with Gasteiger partial charge in [-0.3, -0.25) is 4.79 Å². The summed E-state index contributed by atoms with van der Waals surface area (Å²) >= 11 is 0. The first-order valence-electron chi connectivity index (χ1n) is 11.2. The Morgan fingerprint density at radius 3 is 2.27 bits per heavy atom. The summed E-state index contributed by atoms with van der Waals surface area (Å²) < 4.78 is 5.54. The number of carboxylic acid groups (broad SMARTS) is 1. The van der Waals surface area contributed by atoms with Crippen molar-refractivity contribution in [3.8, 4) is 11.1 Å². The van der Waals surface area contributed by atoms with Gasteiger partial charge in [-0.25, -0.2) is 9.59 Å². The fraction of sp³-hybridized carbons (Fsp3) is 0.400. The molecule has 0 radical (unpaired) electrons.